The predicted molar refractivity (Wildman–Crippen MR) is 46.7 cm³/mol. The third-order valence-electron chi connectivity index (χ3n) is 1.67. The van der Waals surface area contributed by atoms with Gasteiger partial charge in [0.05, 0.1) is 12.7 Å². The second kappa shape index (κ2) is 4.59. The van der Waals surface area contributed by atoms with Crippen LogP contribution in [-0.4, -0.2) is 25.1 Å². The number of benzene rings is 1. The molecule has 0 aliphatic carbocycles. The number of halogens is 2. The van der Waals surface area contributed by atoms with Gasteiger partial charge in [-0.15, -0.1) is 0 Å². The van der Waals surface area contributed by atoms with Crippen LogP contribution in [0.3, 0.4) is 0 Å². The maximum atomic E-state index is 11.9. The molecule has 0 fully saturated rings. The second-order valence-corrected chi connectivity index (χ2v) is 2.53. The summed E-state index contributed by atoms with van der Waals surface area (Å²) in [7, 11) is 1.20. The van der Waals surface area contributed by atoms with Crippen molar-refractivity contribution in [3.63, 3.8) is 0 Å². The molecule has 1 aromatic carbocycles. The summed E-state index contributed by atoms with van der Waals surface area (Å²) in [6, 6.07) is 2.27. The Morgan fingerprint density at radius 1 is 1.47 bits per heavy atom. The largest absolute Gasteiger partial charge is 0.502 e. The average Bonchev–Trinajstić information content (AvgIpc) is 2.20. The molecule has 0 saturated carbocycles. The second-order valence-electron chi connectivity index (χ2n) is 2.53. The number of rotatable bonds is 4. The van der Waals surface area contributed by atoms with Crippen molar-refractivity contribution in [3.8, 4) is 17.2 Å². The van der Waals surface area contributed by atoms with Crippen LogP contribution in [0.15, 0.2) is 12.1 Å². The molecule has 1 rings (SSSR count). The van der Waals surface area contributed by atoms with E-state index in [1.165, 1.54) is 13.2 Å². The standard InChI is InChI=1S/C9H8F2O4/c1-14-8-5(4-12)2-3-6(7(8)13)15-9(10)11/h2-4,9,13H,1H3. The quantitative estimate of drug-likeness (QED) is 0.783. The molecule has 0 saturated heterocycles. The minimum atomic E-state index is -3.05. The molecule has 0 heterocycles. The van der Waals surface area contributed by atoms with E-state index in [1.807, 2.05) is 0 Å². The number of alkyl halides is 2. The zero-order chi connectivity index (χ0) is 11.4. The summed E-state index contributed by atoms with van der Waals surface area (Å²) < 4.78 is 32.4. The summed E-state index contributed by atoms with van der Waals surface area (Å²) in [5, 5.41) is 9.41. The molecule has 0 bridgehead atoms. The van der Waals surface area contributed by atoms with Crippen LogP contribution < -0.4 is 9.47 Å². The maximum absolute atomic E-state index is 11.9. The van der Waals surface area contributed by atoms with Gasteiger partial charge in [-0.05, 0) is 12.1 Å². The predicted octanol–water partition coefficient (Wildman–Crippen LogP) is 1.81. The average molecular weight is 218 g/mol. The summed E-state index contributed by atoms with van der Waals surface area (Å²) in [4.78, 5) is 10.5. The Morgan fingerprint density at radius 2 is 2.13 bits per heavy atom. The fraction of sp³-hybridized carbons (Fsp3) is 0.222. The highest BCUT2D eigenvalue weighted by Crippen LogP contribution is 2.38. The summed E-state index contributed by atoms with van der Waals surface area (Å²) in [6.07, 6.45) is 0.435. The Morgan fingerprint density at radius 3 is 2.60 bits per heavy atom. The lowest BCUT2D eigenvalue weighted by molar-refractivity contribution is -0.0513. The fourth-order valence-corrected chi connectivity index (χ4v) is 1.07. The number of phenols is 1. The van der Waals surface area contributed by atoms with Gasteiger partial charge in [-0.1, -0.05) is 0 Å². The number of hydrogen-bond acceptors (Lipinski definition) is 4. The van der Waals surface area contributed by atoms with Crippen LogP contribution in [0.5, 0.6) is 17.2 Å². The van der Waals surface area contributed by atoms with Gasteiger partial charge in [-0.2, -0.15) is 8.78 Å². The molecule has 0 radical (unpaired) electrons. The molecule has 15 heavy (non-hydrogen) atoms. The Labute approximate surface area is 84.0 Å². The van der Waals surface area contributed by atoms with Crippen LogP contribution in [0.4, 0.5) is 8.78 Å². The van der Waals surface area contributed by atoms with Crippen molar-refractivity contribution in [2.45, 2.75) is 6.61 Å². The highest BCUT2D eigenvalue weighted by Gasteiger charge is 2.16. The molecular weight excluding hydrogens is 210 g/mol. The highest BCUT2D eigenvalue weighted by atomic mass is 19.3. The van der Waals surface area contributed by atoms with Crippen molar-refractivity contribution in [1.82, 2.24) is 0 Å². The number of phenolic OH excluding ortho intramolecular Hbond substituents is 1. The zero-order valence-electron chi connectivity index (χ0n) is 7.74. The first kappa shape index (κ1) is 11.2. The minimum Gasteiger partial charge on any atom is -0.502 e. The summed E-state index contributed by atoms with van der Waals surface area (Å²) in [5.74, 6) is -1.25. The number of aromatic hydroxyl groups is 1. The minimum absolute atomic E-state index is 0.0524. The van der Waals surface area contributed by atoms with E-state index in [9.17, 15) is 18.7 Å². The van der Waals surface area contributed by atoms with Crippen LogP contribution in [0.1, 0.15) is 10.4 Å². The molecule has 1 aromatic rings. The molecule has 6 heteroatoms. The van der Waals surface area contributed by atoms with Crippen molar-refractivity contribution in [2.75, 3.05) is 7.11 Å². The van der Waals surface area contributed by atoms with E-state index in [0.29, 0.717) is 6.29 Å². The number of ether oxygens (including phenoxy) is 2. The van der Waals surface area contributed by atoms with Gasteiger partial charge in [0.15, 0.2) is 17.8 Å². The fourth-order valence-electron chi connectivity index (χ4n) is 1.07. The van der Waals surface area contributed by atoms with Gasteiger partial charge in [0.1, 0.15) is 0 Å². The van der Waals surface area contributed by atoms with Crippen LogP contribution in [0, 0.1) is 0 Å². The molecule has 82 valence electrons. The number of carbonyl (C=O) groups excluding carboxylic acids is 1. The van der Waals surface area contributed by atoms with Crippen molar-refractivity contribution in [1.29, 1.82) is 0 Å². The van der Waals surface area contributed by atoms with E-state index < -0.39 is 18.1 Å². The Bertz CT molecular complexity index is 365. The monoisotopic (exact) mass is 218 g/mol. The molecule has 0 aromatic heterocycles. The van der Waals surface area contributed by atoms with Crippen molar-refractivity contribution in [2.24, 2.45) is 0 Å². The van der Waals surface area contributed by atoms with E-state index in [1.54, 1.807) is 0 Å². The molecular formula is C9H8F2O4. The smallest absolute Gasteiger partial charge is 0.387 e. The van der Waals surface area contributed by atoms with Gasteiger partial charge in [-0.25, -0.2) is 0 Å². The molecule has 0 aliphatic rings. The Balaban J connectivity index is 3.16. The first-order valence-electron chi connectivity index (χ1n) is 3.90. The molecule has 0 amide bonds. The van der Waals surface area contributed by atoms with Gasteiger partial charge in [0, 0.05) is 0 Å². The van der Waals surface area contributed by atoms with Gasteiger partial charge in [0.2, 0.25) is 5.75 Å². The van der Waals surface area contributed by atoms with E-state index in [2.05, 4.69) is 9.47 Å². The van der Waals surface area contributed by atoms with Gasteiger partial charge in [0.25, 0.3) is 0 Å². The highest BCUT2D eigenvalue weighted by molar-refractivity contribution is 5.82. The number of methoxy groups -OCH3 is 1. The van der Waals surface area contributed by atoms with E-state index in [4.69, 9.17) is 0 Å². The van der Waals surface area contributed by atoms with Crippen molar-refractivity contribution in [3.05, 3.63) is 17.7 Å². The topological polar surface area (TPSA) is 55.8 Å². The number of hydrogen-bond donors (Lipinski definition) is 1. The number of aldehydes is 1. The lowest BCUT2D eigenvalue weighted by Crippen LogP contribution is -2.03. The molecule has 4 nitrogen and oxygen atoms in total. The maximum Gasteiger partial charge on any atom is 0.387 e. The third-order valence-corrected chi connectivity index (χ3v) is 1.67. The lowest BCUT2D eigenvalue weighted by Gasteiger charge is -2.11. The van der Waals surface area contributed by atoms with Crippen molar-refractivity contribution < 1.29 is 28.2 Å². The molecule has 0 spiro atoms. The van der Waals surface area contributed by atoms with Crippen LogP contribution in [0.25, 0.3) is 0 Å². The number of carbonyl (C=O) groups is 1. The van der Waals surface area contributed by atoms with Gasteiger partial charge < -0.3 is 14.6 Å². The lowest BCUT2D eigenvalue weighted by atomic mass is 10.2. The first-order chi connectivity index (χ1) is 7.10. The molecule has 0 atom stereocenters. The molecule has 0 unspecified atom stereocenters. The van der Waals surface area contributed by atoms with Crippen LogP contribution in [-0.2, 0) is 0 Å². The van der Waals surface area contributed by atoms with Crippen LogP contribution in [0.2, 0.25) is 0 Å². The summed E-state index contributed by atoms with van der Waals surface area (Å²) in [5.41, 5.74) is 0.0524. The Kier molecular flexibility index (Phi) is 3.43. The van der Waals surface area contributed by atoms with E-state index >= 15 is 0 Å². The SMILES string of the molecule is COc1c(C=O)ccc(OC(F)F)c1O. The first-order valence-corrected chi connectivity index (χ1v) is 3.90. The van der Waals surface area contributed by atoms with E-state index in [0.717, 1.165) is 6.07 Å². The third kappa shape index (κ3) is 2.34. The van der Waals surface area contributed by atoms with Gasteiger partial charge in [-0.3, -0.25) is 4.79 Å². The van der Waals surface area contributed by atoms with Crippen molar-refractivity contribution >= 4 is 6.29 Å². The summed E-state index contributed by atoms with van der Waals surface area (Å²) >= 11 is 0. The van der Waals surface area contributed by atoms with E-state index in [-0.39, 0.29) is 11.3 Å². The molecule has 1 N–H and O–H groups in total. The summed E-state index contributed by atoms with van der Waals surface area (Å²) in [6.45, 7) is -3.05. The van der Waals surface area contributed by atoms with Gasteiger partial charge >= 0.3 is 6.61 Å². The van der Waals surface area contributed by atoms with Crippen LogP contribution >= 0.6 is 0 Å². The zero-order valence-corrected chi connectivity index (χ0v) is 7.74. The Hall–Kier alpha value is -1.85. The molecule has 0 aliphatic heterocycles. The normalized spacial score (nSPS) is 10.1.